The van der Waals surface area contributed by atoms with E-state index in [1.807, 2.05) is 20.8 Å². The van der Waals surface area contributed by atoms with Gasteiger partial charge in [0.2, 0.25) is 5.88 Å². The third kappa shape index (κ3) is 3.00. The van der Waals surface area contributed by atoms with Crippen LogP contribution in [0.2, 0.25) is 0 Å². The number of carbonyl (C=O) groups is 2. The highest BCUT2D eigenvalue weighted by Crippen LogP contribution is 2.30. The summed E-state index contributed by atoms with van der Waals surface area (Å²) in [5, 5.41) is 20.0. The molecule has 2 aliphatic rings. The van der Waals surface area contributed by atoms with Gasteiger partial charge < -0.3 is 15.2 Å². The summed E-state index contributed by atoms with van der Waals surface area (Å²) >= 11 is 0. The number of hydrogen-bond donors (Lipinski definition) is 3. The zero-order valence-corrected chi connectivity index (χ0v) is 15.3. The largest absolute Gasteiger partial charge is 0.492 e. The van der Waals surface area contributed by atoms with E-state index in [1.54, 1.807) is 0 Å². The molecule has 0 saturated heterocycles. The topological polar surface area (TPSA) is 127 Å². The molecule has 0 aromatic carbocycles. The van der Waals surface area contributed by atoms with Gasteiger partial charge in [0.15, 0.2) is 17.0 Å². The van der Waals surface area contributed by atoms with Crippen molar-refractivity contribution in [2.45, 2.75) is 52.8 Å². The first-order chi connectivity index (χ1) is 12.7. The fourth-order valence-electron chi connectivity index (χ4n) is 3.11. The number of fused-ring (bicyclic) bond motifs is 3. The third-order valence-electron chi connectivity index (χ3n) is 4.44. The summed E-state index contributed by atoms with van der Waals surface area (Å²) in [6, 6.07) is 0.0292. The van der Waals surface area contributed by atoms with Gasteiger partial charge in [0, 0.05) is 12.6 Å². The van der Waals surface area contributed by atoms with Gasteiger partial charge in [0.1, 0.15) is 6.61 Å². The fourth-order valence-corrected chi connectivity index (χ4v) is 3.11. The Morgan fingerprint density at radius 1 is 1.37 bits per heavy atom. The summed E-state index contributed by atoms with van der Waals surface area (Å²) in [5.41, 5.74) is -0.481. The van der Waals surface area contributed by atoms with Gasteiger partial charge in [0.05, 0.1) is 5.56 Å². The van der Waals surface area contributed by atoms with Crippen molar-refractivity contribution in [3.05, 3.63) is 21.5 Å². The number of carbonyl (C=O) groups excluding carboxylic acids is 2. The Kier molecular flexibility index (Phi) is 3.69. The van der Waals surface area contributed by atoms with Gasteiger partial charge in [-0.1, -0.05) is 20.8 Å². The smallest absolute Gasteiger partial charge is 0.413 e. The molecule has 1 aliphatic heterocycles. The Morgan fingerprint density at radius 2 is 2.07 bits per heavy atom. The Balaban J connectivity index is 1.98. The minimum atomic E-state index is -0.665. The summed E-state index contributed by atoms with van der Waals surface area (Å²) in [6.45, 7) is 6.06. The third-order valence-corrected chi connectivity index (χ3v) is 4.44. The van der Waals surface area contributed by atoms with Crippen LogP contribution < -0.4 is 16.2 Å². The van der Waals surface area contributed by atoms with Gasteiger partial charge >= 0.3 is 6.09 Å². The van der Waals surface area contributed by atoms with E-state index in [4.69, 9.17) is 4.74 Å². The van der Waals surface area contributed by atoms with Crippen LogP contribution >= 0.6 is 0 Å². The normalized spacial score (nSPS) is 16.6. The van der Waals surface area contributed by atoms with Crippen molar-refractivity contribution < 1.29 is 19.4 Å². The maximum Gasteiger partial charge on any atom is 0.413 e. The monoisotopic (exact) mass is 375 g/mol. The minimum absolute atomic E-state index is 0.0292. The molecule has 1 fully saturated rings. The second-order valence-corrected chi connectivity index (χ2v) is 8.16. The first-order valence-electron chi connectivity index (χ1n) is 8.78. The van der Waals surface area contributed by atoms with E-state index >= 15 is 0 Å². The highest BCUT2D eigenvalue weighted by atomic mass is 16.5. The van der Waals surface area contributed by atoms with Crippen LogP contribution in [0, 0.1) is 5.41 Å². The average Bonchev–Trinajstić information content (AvgIpc) is 3.28. The van der Waals surface area contributed by atoms with E-state index in [2.05, 4.69) is 15.7 Å². The second kappa shape index (κ2) is 5.73. The highest BCUT2D eigenvalue weighted by molar-refractivity contribution is 5.97. The molecule has 0 spiro atoms. The lowest BCUT2D eigenvalue weighted by molar-refractivity contribution is 0.0944. The molecule has 1 saturated carbocycles. The lowest BCUT2D eigenvalue weighted by Gasteiger charge is -2.22. The molecule has 144 valence electrons. The Morgan fingerprint density at radius 3 is 2.70 bits per heavy atom. The van der Waals surface area contributed by atoms with E-state index < -0.39 is 23.4 Å². The molecule has 0 radical (unpaired) electrons. The molecule has 0 bridgehead atoms. The summed E-state index contributed by atoms with van der Waals surface area (Å²) in [5.74, 6) is -0.983. The molecule has 2 aromatic rings. The minimum Gasteiger partial charge on any atom is -0.492 e. The summed E-state index contributed by atoms with van der Waals surface area (Å²) < 4.78 is 7.53. The lowest BCUT2D eigenvalue weighted by Crippen LogP contribution is -2.37. The van der Waals surface area contributed by atoms with E-state index in [9.17, 15) is 19.5 Å². The van der Waals surface area contributed by atoms with Crippen LogP contribution in [0.3, 0.4) is 0 Å². The standard InChI is InChI=1S/C17H21N5O5/c1-17(2,3)7-21-13-9-6-27-16(26)19-11(9)20-22(13)15(25)10(14(21)24)12(23)18-8-4-5-8/h8,25H,4-7H2,1-3H3,(H,18,23)(H,19,20,26). The van der Waals surface area contributed by atoms with E-state index in [0.29, 0.717) is 11.2 Å². The number of hydrogen-bond acceptors (Lipinski definition) is 6. The summed E-state index contributed by atoms with van der Waals surface area (Å²) in [4.78, 5) is 37.2. The van der Waals surface area contributed by atoms with Crippen LogP contribution in [0.4, 0.5) is 10.6 Å². The van der Waals surface area contributed by atoms with Crippen molar-refractivity contribution >= 4 is 23.5 Å². The molecule has 2 aromatic heterocycles. The maximum absolute atomic E-state index is 13.1. The molecule has 10 nitrogen and oxygen atoms in total. The number of aromatic nitrogens is 3. The summed E-state index contributed by atoms with van der Waals surface area (Å²) in [6.07, 6.45) is 1.04. The van der Waals surface area contributed by atoms with E-state index in [1.165, 1.54) is 4.57 Å². The quantitative estimate of drug-likeness (QED) is 0.740. The van der Waals surface area contributed by atoms with Crippen LogP contribution in [-0.4, -0.2) is 37.3 Å². The van der Waals surface area contributed by atoms with Gasteiger partial charge in [-0.2, -0.15) is 4.52 Å². The Hall–Kier alpha value is -3.04. The molecule has 2 amide bonds. The molecule has 27 heavy (non-hydrogen) atoms. The van der Waals surface area contributed by atoms with Crippen LogP contribution in [0.15, 0.2) is 4.79 Å². The van der Waals surface area contributed by atoms with Gasteiger partial charge in [-0.05, 0) is 18.3 Å². The number of ether oxygens (including phenoxy) is 1. The molecule has 1 aliphatic carbocycles. The zero-order valence-electron chi connectivity index (χ0n) is 15.3. The number of rotatable bonds is 3. The maximum atomic E-state index is 13.1. The van der Waals surface area contributed by atoms with E-state index in [-0.39, 0.29) is 36.0 Å². The van der Waals surface area contributed by atoms with Gasteiger partial charge in [-0.3, -0.25) is 19.5 Å². The molecular weight excluding hydrogens is 354 g/mol. The van der Waals surface area contributed by atoms with Crippen LogP contribution in [0.25, 0.3) is 5.65 Å². The Bertz CT molecular complexity index is 1030. The molecule has 3 N–H and O–H groups in total. The average molecular weight is 375 g/mol. The van der Waals surface area contributed by atoms with Gasteiger partial charge in [-0.15, -0.1) is 5.10 Å². The molecule has 0 atom stereocenters. The summed E-state index contributed by atoms with van der Waals surface area (Å²) in [7, 11) is 0. The SMILES string of the molecule is CC(C)(C)Cn1c(=O)c(C(=O)NC2CC2)c(O)n2nc3c(c12)COC(=O)N3. The van der Waals surface area contributed by atoms with Crippen LogP contribution in [-0.2, 0) is 17.9 Å². The van der Waals surface area contributed by atoms with Crippen LogP contribution in [0.1, 0.15) is 49.5 Å². The van der Waals surface area contributed by atoms with Crippen molar-refractivity contribution in [2.75, 3.05) is 5.32 Å². The van der Waals surface area contributed by atoms with Crippen molar-refractivity contribution in [2.24, 2.45) is 5.41 Å². The van der Waals surface area contributed by atoms with Gasteiger partial charge in [-0.25, -0.2) is 4.79 Å². The number of amides is 2. The Labute approximate surface area is 154 Å². The van der Waals surface area contributed by atoms with Crippen molar-refractivity contribution in [3.63, 3.8) is 0 Å². The predicted octanol–water partition coefficient (Wildman–Crippen LogP) is 1.20. The van der Waals surface area contributed by atoms with Crippen molar-refractivity contribution in [1.82, 2.24) is 19.5 Å². The van der Waals surface area contributed by atoms with Crippen molar-refractivity contribution in [1.29, 1.82) is 0 Å². The molecule has 10 heteroatoms. The lowest BCUT2D eigenvalue weighted by atomic mass is 9.96. The zero-order chi connectivity index (χ0) is 19.5. The van der Waals surface area contributed by atoms with E-state index in [0.717, 1.165) is 17.4 Å². The first-order valence-corrected chi connectivity index (χ1v) is 8.78. The first kappa shape index (κ1) is 17.4. The number of aromatic hydroxyl groups is 1. The van der Waals surface area contributed by atoms with Gasteiger partial charge in [0.25, 0.3) is 11.5 Å². The number of anilines is 1. The number of nitrogens with zero attached hydrogens (tertiary/aromatic N) is 3. The second-order valence-electron chi connectivity index (χ2n) is 8.16. The molecular formula is C17H21N5O5. The van der Waals surface area contributed by atoms with Crippen LogP contribution in [0.5, 0.6) is 5.88 Å². The molecule has 0 unspecified atom stereocenters. The number of cyclic esters (lactones) is 1. The van der Waals surface area contributed by atoms with Crippen molar-refractivity contribution in [3.8, 4) is 5.88 Å². The fraction of sp³-hybridized carbons (Fsp3) is 0.529. The molecule has 3 heterocycles. The molecule has 4 rings (SSSR count). The highest BCUT2D eigenvalue weighted by Gasteiger charge is 2.33. The number of nitrogens with one attached hydrogen (secondary N) is 2. The predicted molar refractivity (Wildman–Crippen MR) is 94.9 cm³/mol.